The molecule has 0 saturated heterocycles. The van der Waals surface area contributed by atoms with Gasteiger partial charge >= 0.3 is 0 Å². The Morgan fingerprint density at radius 2 is 2.27 bits per heavy atom. The molecule has 0 unspecified atom stereocenters. The number of aliphatic hydroxyl groups is 1. The summed E-state index contributed by atoms with van der Waals surface area (Å²) in [4.78, 5) is 4.05. The van der Waals surface area contributed by atoms with Crippen LogP contribution in [0.2, 0.25) is 0 Å². The predicted molar refractivity (Wildman–Crippen MR) is 42.0 cm³/mol. The molecule has 0 amide bonds. The smallest absolute Gasteiger partial charge is 0.108 e. The molecular weight excluding hydrogens is 142 g/mol. The van der Waals surface area contributed by atoms with Crippen molar-refractivity contribution in [1.29, 1.82) is 0 Å². The molecule has 0 radical (unpaired) electrons. The van der Waals surface area contributed by atoms with Crippen molar-refractivity contribution in [3.63, 3.8) is 0 Å². The Kier molecular flexibility index (Phi) is 2.57. The van der Waals surface area contributed by atoms with E-state index in [0.717, 1.165) is 18.1 Å². The van der Waals surface area contributed by atoms with Crippen LogP contribution in [0.4, 0.5) is 0 Å². The third-order valence-electron chi connectivity index (χ3n) is 1.21. The summed E-state index contributed by atoms with van der Waals surface area (Å²) in [7, 11) is 1.00. The van der Waals surface area contributed by atoms with Gasteiger partial charge < -0.3 is 5.11 Å². The summed E-state index contributed by atoms with van der Waals surface area (Å²) in [6, 6.07) is 3.82. The molecule has 2 heterocycles. The fourth-order valence-corrected chi connectivity index (χ4v) is 0.778. The van der Waals surface area contributed by atoms with E-state index in [1.54, 1.807) is 12.4 Å². The summed E-state index contributed by atoms with van der Waals surface area (Å²) >= 11 is 0. The highest BCUT2D eigenvalue weighted by atomic mass is 16.2. The molecule has 2 aromatic rings. The minimum Gasteiger partial charge on any atom is -0.400 e. The Balaban J connectivity index is 0.000000281. The maximum Gasteiger partial charge on any atom is 0.108 e. The lowest BCUT2D eigenvalue weighted by atomic mass is 10.4. The van der Waals surface area contributed by atoms with Crippen LogP contribution < -0.4 is 0 Å². The number of aromatic amines is 1. The van der Waals surface area contributed by atoms with E-state index in [-0.39, 0.29) is 0 Å². The molecular formula is C7H9N3O. The van der Waals surface area contributed by atoms with Gasteiger partial charge in [0.15, 0.2) is 0 Å². The molecule has 4 heteroatoms. The quantitative estimate of drug-likeness (QED) is 0.578. The van der Waals surface area contributed by atoms with Crippen molar-refractivity contribution in [3.8, 4) is 0 Å². The maximum absolute atomic E-state index is 7.00. The van der Waals surface area contributed by atoms with Crippen molar-refractivity contribution < 1.29 is 5.11 Å². The van der Waals surface area contributed by atoms with Gasteiger partial charge in [-0.2, -0.15) is 5.10 Å². The Morgan fingerprint density at radius 3 is 3.00 bits per heavy atom. The van der Waals surface area contributed by atoms with Crippen molar-refractivity contribution >= 4 is 11.0 Å². The van der Waals surface area contributed by atoms with Crippen molar-refractivity contribution in [2.24, 2.45) is 0 Å². The second-order valence-corrected chi connectivity index (χ2v) is 1.81. The molecule has 58 valence electrons. The average Bonchev–Trinajstić information content (AvgIpc) is 2.55. The number of H-pyrrole nitrogens is 1. The van der Waals surface area contributed by atoms with E-state index in [1.807, 2.05) is 12.1 Å². The first-order chi connectivity index (χ1) is 5.47. The van der Waals surface area contributed by atoms with E-state index in [0.29, 0.717) is 0 Å². The molecule has 0 aromatic carbocycles. The number of fused-ring (bicyclic) bond motifs is 1. The second kappa shape index (κ2) is 3.68. The molecule has 4 nitrogen and oxygen atoms in total. The highest BCUT2D eigenvalue weighted by molar-refractivity contribution is 5.72. The second-order valence-electron chi connectivity index (χ2n) is 1.81. The van der Waals surface area contributed by atoms with E-state index in [2.05, 4.69) is 15.2 Å². The van der Waals surface area contributed by atoms with Crippen molar-refractivity contribution in [2.45, 2.75) is 0 Å². The van der Waals surface area contributed by atoms with Gasteiger partial charge in [-0.05, 0) is 12.1 Å². The fraction of sp³-hybridized carbons (Fsp3) is 0.143. The van der Waals surface area contributed by atoms with E-state index in [9.17, 15) is 0 Å². The molecule has 0 spiro atoms. The van der Waals surface area contributed by atoms with Crippen LogP contribution in [-0.2, 0) is 0 Å². The van der Waals surface area contributed by atoms with Gasteiger partial charge in [-0.3, -0.25) is 10.1 Å². The van der Waals surface area contributed by atoms with Crippen LogP contribution in [-0.4, -0.2) is 27.4 Å². The lowest BCUT2D eigenvalue weighted by molar-refractivity contribution is 0.399. The first-order valence-corrected chi connectivity index (χ1v) is 3.15. The van der Waals surface area contributed by atoms with Gasteiger partial charge in [0.1, 0.15) is 5.52 Å². The zero-order valence-electron chi connectivity index (χ0n) is 6.15. The molecule has 0 aliphatic carbocycles. The number of pyridine rings is 1. The number of hydrogen-bond acceptors (Lipinski definition) is 3. The van der Waals surface area contributed by atoms with E-state index < -0.39 is 0 Å². The minimum absolute atomic E-state index is 0.914. The molecule has 0 aliphatic heterocycles. The molecule has 0 aliphatic rings. The zero-order valence-corrected chi connectivity index (χ0v) is 6.15. The average molecular weight is 151 g/mol. The Morgan fingerprint density at radius 1 is 1.45 bits per heavy atom. The molecule has 0 saturated carbocycles. The third-order valence-corrected chi connectivity index (χ3v) is 1.21. The van der Waals surface area contributed by atoms with Crippen LogP contribution >= 0.6 is 0 Å². The first kappa shape index (κ1) is 7.68. The number of aromatic nitrogens is 3. The van der Waals surface area contributed by atoms with Crippen molar-refractivity contribution in [1.82, 2.24) is 15.2 Å². The maximum atomic E-state index is 7.00. The Hall–Kier alpha value is -1.42. The fourth-order valence-electron chi connectivity index (χ4n) is 0.778. The summed E-state index contributed by atoms with van der Waals surface area (Å²) in [5, 5.41) is 13.6. The van der Waals surface area contributed by atoms with Crippen LogP contribution in [0.15, 0.2) is 24.5 Å². The van der Waals surface area contributed by atoms with Gasteiger partial charge in [0.05, 0.1) is 11.7 Å². The van der Waals surface area contributed by atoms with Gasteiger partial charge in [-0.1, -0.05) is 0 Å². The van der Waals surface area contributed by atoms with Gasteiger partial charge in [0.25, 0.3) is 0 Å². The van der Waals surface area contributed by atoms with Crippen LogP contribution in [0.25, 0.3) is 11.0 Å². The molecule has 0 bridgehead atoms. The normalized spacial score (nSPS) is 8.91. The molecule has 2 aromatic heterocycles. The summed E-state index contributed by atoms with van der Waals surface area (Å²) < 4.78 is 0. The first-order valence-electron chi connectivity index (χ1n) is 3.15. The van der Waals surface area contributed by atoms with Crippen LogP contribution in [0.5, 0.6) is 0 Å². The SMILES string of the molecule is CO.c1cnc2cn[nH]c2c1. The molecule has 0 atom stereocenters. The predicted octanol–water partition coefficient (Wildman–Crippen LogP) is 0.566. The molecule has 11 heavy (non-hydrogen) atoms. The van der Waals surface area contributed by atoms with E-state index in [1.165, 1.54) is 0 Å². The van der Waals surface area contributed by atoms with Crippen LogP contribution in [0.3, 0.4) is 0 Å². The summed E-state index contributed by atoms with van der Waals surface area (Å²) in [5.74, 6) is 0. The van der Waals surface area contributed by atoms with Gasteiger partial charge in [-0.15, -0.1) is 0 Å². The minimum atomic E-state index is 0.914. The summed E-state index contributed by atoms with van der Waals surface area (Å²) in [5.41, 5.74) is 1.90. The number of nitrogens with one attached hydrogen (secondary N) is 1. The zero-order chi connectivity index (χ0) is 8.10. The summed E-state index contributed by atoms with van der Waals surface area (Å²) in [6.45, 7) is 0. The van der Waals surface area contributed by atoms with Crippen molar-refractivity contribution in [3.05, 3.63) is 24.5 Å². The highest BCUT2D eigenvalue weighted by Crippen LogP contribution is 2.02. The molecule has 0 fully saturated rings. The monoisotopic (exact) mass is 151 g/mol. The van der Waals surface area contributed by atoms with Gasteiger partial charge in [0, 0.05) is 13.3 Å². The number of nitrogens with zero attached hydrogens (tertiary/aromatic N) is 2. The number of aliphatic hydroxyl groups excluding tert-OH is 1. The van der Waals surface area contributed by atoms with Crippen LogP contribution in [0, 0.1) is 0 Å². The van der Waals surface area contributed by atoms with E-state index >= 15 is 0 Å². The highest BCUT2D eigenvalue weighted by Gasteiger charge is 1.89. The van der Waals surface area contributed by atoms with Crippen LogP contribution in [0.1, 0.15) is 0 Å². The number of hydrogen-bond donors (Lipinski definition) is 2. The summed E-state index contributed by atoms with van der Waals surface area (Å²) in [6.07, 6.45) is 3.45. The Labute approximate surface area is 63.9 Å². The lowest BCUT2D eigenvalue weighted by Crippen LogP contribution is -1.69. The topological polar surface area (TPSA) is 61.8 Å². The van der Waals surface area contributed by atoms with E-state index in [4.69, 9.17) is 5.11 Å². The standard InChI is InChI=1S/C6H5N3.CH4O/c1-2-5-6(7-3-1)4-8-9-5;1-2/h1-4H,(H,8,9);2H,1H3. The number of rotatable bonds is 0. The third kappa shape index (κ3) is 1.53. The Bertz CT molecular complexity index is 288. The van der Waals surface area contributed by atoms with Gasteiger partial charge in [-0.25, -0.2) is 0 Å². The lowest BCUT2D eigenvalue weighted by Gasteiger charge is -1.80. The molecule has 2 N–H and O–H groups in total. The van der Waals surface area contributed by atoms with Crippen molar-refractivity contribution in [2.75, 3.05) is 7.11 Å². The largest absolute Gasteiger partial charge is 0.400 e. The van der Waals surface area contributed by atoms with Gasteiger partial charge in [0.2, 0.25) is 0 Å². The molecule has 2 rings (SSSR count).